The van der Waals surface area contributed by atoms with E-state index in [1.165, 1.54) is 6.92 Å². The zero-order valence-electron chi connectivity index (χ0n) is 7.34. The number of halogens is 2. The first kappa shape index (κ1) is 12.5. The van der Waals surface area contributed by atoms with Gasteiger partial charge in [0, 0.05) is 0 Å². The zero-order chi connectivity index (χ0) is 10.4. The molecule has 1 unspecified atom stereocenters. The van der Waals surface area contributed by atoms with Gasteiger partial charge in [-0.25, -0.2) is 4.79 Å². The molecule has 0 aromatic carbocycles. The first-order valence-electron chi connectivity index (χ1n) is 3.74. The largest absolute Gasteiger partial charge is 0.450 e. The van der Waals surface area contributed by atoms with Gasteiger partial charge < -0.3 is 10.1 Å². The predicted octanol–water partition coefficient (Wildman–Crippen LogP) is 1.49. The van der Waals surface area contributed by atoms with Gasteiger partial charge in [-0.05, 0) is 13.8 Å². The van der Waals surface area contributed by atoms with E-state index in [0.29, 0.717) is 0 Å². The third kappa shape index (κ3) is 4.95. The van der Waals surface area contributed by atoms with Crippen molar-refractivity contribution in [1.82, 2.24) is 5.32 Å². The van der Waals surface area contributed by atoms with E-state index in [9.17, 15) is 9.59 Å². The lowest BCUT2D eigenvalue weighted by molar-refractivity contribution is -0.118. The summed E-state index contributed by atoms with van der Waals surface area (Å²) in [5.41, 5.74) is 0. The summed E-state index contributed by atoms with van der Waals surface area (Å²) in [4.78, 5) is 20.7. The highest BCUT2D eigenvalue weighted by atomic mass is 35.5. The lowest BCUT2D eigenvalue weighted by Crippen LogP contribution is -2.41. The molecule has 0 spiro atoms. The summed E-state index contributed by atoms with van der Waals surface area (Å²) in [6.45, 7) is 3.40. The molecule has 0 aliphatic carbocycles. The zero-order valence-corrected chi connectivity index (χ0v) is 8.85. The molecule has 0 aromatic heterocycles. The first-order valence-corrected chi connectivity index (χ1v) is 4.61. The van der Waals surface area contributed by atoms with E-state index in [0.717, 1.165) is 0 Å². The van der Waals surface area contributed by atoms with E-state index < -0.39 is 22.8 Å². The first-order chi connectivity index (χ1) is 5.99. The maximum Gasteiger partial charge on any atom is 0.407 e. The lowest BCUT2D eigenvalue weighted by Gasteiger charge is -2.12. The Hall–Kier alpha value is -0.480. The number of amides is 1. The quantitative estimate of drug-likeness (QED) is 0.741. The minimum atomic E-state index is -1.13. The van der Waals surface area contributed by atoms with Gasteiger partial charge in [-0.3, -0.25) is 4.79 Å². The summed E-state index contributed by atoms with van der Waals surface area (Å²) in [5.74, 6) is -0.462. The Morgan fingerprint density at radius 1 is 1.46 bits per heavy atom. The second-order valence-corrected chi connectivity index (χ2v) is 3.39. The second-order valence-electron chi connectivity index (χ2n) is 2.29. The van der Waals surface area contributed by atoms with Crippen LogP contribution in [0.1, 0.15) is 13.8 Å². The smallest absolute Gasteiger partial charge is 0.407 e. The normalized spacial score (nSPS) is 12.4. The molecule has 76 valence electrons. The highest BCUT2D eigenvalue weighted by Crippen LogP contribution is 2.05. The van der Waals surface area contributed by atoms with Gasteiger partial charge >= 0.3 is 6.09 Å². The molecule has 4 nitrogen and oxygen atoms in total. The van der Waals surface area contributed by atoms with Crippen molar-refractivity contribution in [2.24, 2.45) is 0 Å². The number of ether oxygens (including phenoxy) is 1. The Morgan fingerprint density at radius 3 is 2.38 bits per heavy atom. The fourth-order valence-corrected chi connectivity index (χ4v) is 0.988. The summed E-state index contributed by atoms with van der Waals surface area (Å²) in [6.07, 6.45) is -0.655. The number of alkyl carbamates (subject to hydrolysis) is 1. The molecular formula is C7H11Cl2NO3. The van der Waals surface area contributed by atoms with Crippen LogP contribution >= 0.6 is 23.2 Å². The number of Topliss-reactive ketones (excluding diaryl/α,β-unsaturated/α-hetero) is 1. The number of nitrogens with one attached hydrogen (secondary N) is 1. The van der Waals surface area contributed by atoms with E-state index >= 15 is 0 Å². The van der Waals surface area contributed by atoms with Crippen LogP contribution in [0.3, 0.4) is 0 Å². The molecule has 1 atom stereocenters. The van der Waals surface area contributed by atoms with Gasteiger partial charge in [0.1, 0.15) is 0 Å². The van der Waals surface area contributed by atoms with Crippen molar-refractivity contribution in [2.75, 3.05) is 6.61 Å². The molecular weight excluding hydrogens is 217 g/mol. The highest BCUT2D eigenvalue weighted by Gasteiger charge is 2.21. The van der Waals surface area contributed by atoms with E-state index in [2.05, 4.69) is 10.1 Å². The van der Waals surface area contributed by atoms with Crippen molar-refractivity contribution in [3.63, 3.8) is 0 Å². The predicted molar refractivity (Wildman–Crippen MR) is 50.1 cm³/mol. The summed E-state index contributed by atoms with van der Waals surface area (Å²) in [7, 11) is 0. The fourth-order valence-electron chi connectivity index (χ4n) is 0.610. The summed E-state index contributed by atoms with van der Waals surface area (Å²) in [5, 5.41) is 2.28. The number of carbonyl (C=O) groups is 2. The van der Waals surface area contributed by atoms with Gasteiger partial charge in [-0.1, -0.05) is 23.2 Å². The van der Waals surface area contributed by atoms with Gasteiger partial charge in [0.15, 0.2) is 10.6 Å². The third-order valence-electron chi connectivity index (χ3n) is 1.25. The van der Waals surface area contributed by atoms with E-state index in [1.807, 2.05) is 0 Å². The van der Waals surface area contributed by atoms with Crippen LogP contribution in [0.15, 0.2) is 0 Å². The summed E-state index contributed by atoms with van der Waals surface area (Å²) < 4.78 is 4.55. The average molecular weight is 228 g/mol. The van der Waals surface area contributed by atoms with Crippen LogP contribution in [0.5, 0.6) is 0 Å². The van der Waals surface area contributed by atoms with Gasteiger partial charge in [-0.15, -0.1) is 0 Å². The number of alkyl halides is 2. The van der Waals surface area contributed by atoms with Gasteiger partial charge in [0.2, 0.25) is 0 Å². The molecule has 0 radical (unpaired) electrons. The maximum atomic E-state index is 11.0. The van der Waals surface area contributed by atoms with Crippen molar-refractivity contribution in [1.29, 1.82) is 0 Å². The Balaban J connectivity index is 3.92. The van der Waals surface area contributed by atoms with Crippen molar-refractivity contribution >= 4 is 35.1 Å². The molecule has 0 aromatic rings. The van der Waals surface area contributed by atoms with Crippen LogP contribution in [0.2, 0.25) is 0 Å². The van der Waals surface area contributed by atoms with E-state index in [4.69, 9.17) is 23.2 Å². The lowest BCUT2D eigenvalue weighted by atomic mass is 10.2. The summed E-state index contributed by atoms with van der Waals surface area (Å²) in [6, 6.07) is -0.737. The van der Waals surface area contributed by atoms with Crippen LogP contribution in [-0.2, 0) is 9.53 Å². The molecule has 0 heterocycles. The van der Waals surface area contributed by atoms with Crippen LogP contribution < -0.4 is 5.32 Å². The van der Waals surface area contributed by atoms with E-state index in [1.54, 1.807) is 6.92 Å². The molecule has 1 amide bonds. The van der Waals surface area contributed by atoms with Gasteiger partial charge in [0.05, 0.1) is 12.6 Å². The molecule has 1 N–H and O–H groups in total. The molecule has 6 heteroatoms. The Morgan fingerprint density at radius 2 is 2.00 bits per heavy atom. The Kier molecular flexibility index (Phi) is 5.82. The molecule has 0 saturated carbocycles. The van der Waals surface area contributed by atoms with E-state index in [-0.39, 0.29) is 6.61 Å². The molecule has 0 bridgehead atoms. The minimum absolute atomic E-state index is 0.248. The fraction of sp³-hybridized carbons (Fsp3) is 0.714. The number of rotatable bonds is 4. The summed E-state index contributed by atoms with van der Waals surface area (Å²) >= 11 is 10.6. The molecule has 0 rings (SSSR count). The van der Waals surface area contributed by atoms with Gasteiger partial charge in [0.25, 0.3) is 0 Å². The third-order valence-corrected chi connectivity index (χ3v) is 1.68. The number of hydrogen-bond donors (Lipinski definition) is 1. The average Bonchev–Trinajstić information content (AvgIpc) is 2.03. The highest BCUT2D eigenvalue weighted by molar-refractivity contribution is 6.54. The Bertz CT molecular complexity index is 196. The molecule has 0 fully saturated rings. The minimum Gasteiger partial charge on any atom is -0.450 e. The molecule has 0 aliphatic rings. The number of carbonyl (C=O) groups excluding carboxylic acids is 2. The second kappa shape index (κ2) is 6.05. The Labute approximate surface area is 86.5 Å². The number of hydrogen-bond acceptors (Lipinski definition) is 3. The van der Waals surface area contributed by atoms with Crippen molar-refractivity contribution < 1.29 is 14.3 Å². The van der Waals surface area contributed by atoms with Crippen LogP contribution in [-0.4, -0.2) is 29.4 Å². The number of ketones is 1. The van der Waals surface area contributed by atoms with Crippen LogP contribution in [0, 0.1) is 0 Å². The maximum absolute atomic E-state index is 11.0. The molecule has 0 aliphatic heterocycles. The topological polar surface area (TPSA) is 55.4 Å². The van der Waals surface area contributed by atoms with Crippen molar-refractivity contribution in [2.45, 2.75) is 24.7 Å². The van der Waals surface area contributed by atoms with Crippen LogP contribution in [0.4, 0.5) is 4.79 Å². The van der Waals surface area contributed by atoms with Crippen molar-refractivity contribution in [3.05, 3.63) is 0 Å². The monoisotopic (exact) mass is 227 g/mol. The van der Waals surface area contributed by atoms with Crippen LogP contribution in [0.25, 0.3) is 0 Å². The molecule has 13 heavy (non-hydrogen) atoms. The standard InChI is InChI=1S/C7H11Cl2NO3/c1-3-13-7(12)10-4(2)5(11)6(8)9/h4,6H,3H2,1-2H3,(H,10,12). The van der Waals surface area contributed by atoms with Crippen molar-refractivity contribution in [3.8, 4) is 0 Å². The van der Waals surface area contributed by atoms with Gasteiger partial charge in [-0.2, -0.15) is 0 Å². The molecule has 0 saturated heterocycles. The SMILES string of the molecule is CCOC(=O)NC(C)C(=O)C(Cl)Cl.